The number of carbonyl (C=O) groups is 7. The molecule has 26 heteroatoms. The maximum absolute atomic E-state index is 14.5. The molecule has 0 spiro atoms. The highest BCUT2D eigenvalue weighted by Crippen LogP contribution is 2.28. The Morgan fingerprint density at radius 3 is 1.80 bits per heavy atom. The molecule has 0 saturated carbocycles. The van der Waals surface area contributed by atoms with Crippen molar-refractivity contribution < 1.29 is 83.9 Å². The molecule has 6 rings (SSSR count). The number of hydrogen-bond acceptors (Lipinski definition) is 19. The monoisotopic (exact) mass is 1210 g/mol. The van der Waals surface area contributed by atoms with Crippen LogP contribution in [-0.2, 0) is 33.5 Å². The standard InChI is InChI=1S/C61H83N9O17/c1-4-5-6-30-86-44-21-17-39(18-22-44)37-9-7-36(8-10-37)38-11-13-41(14-12-38)55(80)65-45(56(81)66-49(34(2)71)60(84)69-28-24-43(74)33-69)32-48(77)59(87-31-27-63)68-58(83)52-47(76)25-29-70(52)61(85)50(46(75)23-26-62)67-57(82)51(64-35(3)72)54(79)53(78)40-15-19-42(73)20-16-40/h7-22,34,43,45-54,59,71,73-79H,4-6,23-33,62-63H2,1-3H3,(H,64,72)(H,65,80)(H,66,81)(H,67,82)(H,68,83). The number of hydrogen-bond donors (Lipinski definition) is 15. The zero-order valence-corrected chi connectivity index (χ0v) is 48.9. The van der Waals surface area contributed by atoms with E-state index >= 15 is 0 Å². The number of benzene rings is 4. The van der Waals surface area contributed by atoms with Crippen molar-refractivity contribution in [1.29, 1.82) is 0 Å². The predicted octanol–water partition coefficient (Wildman–Crippen LogP) is -1.22. The molecule has 4 aromatic carbocycles. The molecule has 13 atom stereocenters. The van der Waals surface area contributed by atoms with Gasteiger partial charge in [0.05, 0.1) is 37.6 Å². The molecule has 2 aliphatic heterocycles. The Morgan fingerprint density at radius 2 is 1.25 bits per heavy atom. The lowest BCUT2D eigenvalue weighted by Crippen LogP contribution is -2.63. The zero-order chi connectivity index (χ0) is 63.5. The molecule has 17 N–H and O–H groups in total. The average molecular weight is 1210 g/mol. The highest BCUT2D eigenvalue weighted by Gasteiger charge is 2.47. The molecular formula is C61H83N9O17. The van der Waals surface area contributed by atoms with Gasteiger partial charge in [0, 0.05) is 45.1 Å². The number of aromatic hydroxyl groups is 1. The van der Waals surface area contributed by atoms with Gasteiger partial charge < -0.3 is 98.2 Å². The summed E-state index contributed by atoms with van der Waals surface area (Å²) < 4.78 is 11.6. The number of aliphatic hydroxyl groups excluding tert-OH is 7. The van der Waals surface area contributed by atoms with Gasteiger partial charge in [-0.25, -0.2) is 0 Å². The fourth-order valence-corrected chi connectivity index (χ4v) is 10.2. The van der Waals surface area contributed by atoms with Crippen molar-refractivity contribution in [1.82, 2.24) is 36.4 Å². The molecular weight excluding hydrogens is 1130 g/mol. The summed E-state index contributed by atoms with van der Waals surface area (Å²) in [7, 11) is 0. The third-order valence-corrected chi connectivity index (χ3v) is 15.1. The first-order chi connectivity index (χ1) is 41.5. The second kappa shape index (κ2) is 32.9. The quantitative estimate of drug-likeness (QED) is 0.0207. The summed E-state index contributed by atoms with van der Waals surface area (Å²) in [5.74, 6) is -6.41. The van der Waals surface area contributed by atoms with E-state index in [1.54, 1.807) is 12.1 Å². The second-order valence-corrected chi connectivity index (χ2v) is 21.8. The molecule has 13 unspecified atom stereocenters. The number of amides is 7. The Balaban J connectivity index is 1.21. The van der Waals surface area contributed by atoms with E-state index in [4.69, 9.17) is 20.9 Å². The summed E-state index contributed by atoms with van der Waals surface area (Å²) in [6.07, 6.45) is -11.3. The molecule has 0 bridgehead atoms. The van der Waals surface area contributed by atoms with E-state index in [-0.39, 0.29) is 75.5 Å². The van der Waals surface area contributed by atoms with Crippen LogP contribution in [0.5, 0.6) is 11.5 Å². The number of nitrogens with two attached hydrogens (primary N) is 2. The highest BCUT2D eigenvalue weighted by atomic mass is 16.5. The Labute approximate surface area is 504 Å². The molecule has 2 heterocycles. The van der Waals surface area contributed by atoms with Crippen LogP contribution in [0.2, 0.25) is 0 Å². The Bertz CT molecular complexity index is 2900. The van der Waals surface area contributed by atoms with Gasteiger partial charge in [0.15, 0.2) is 6.23 Å². The van der Waals surface area contributed by atoms with Gasteiger partial charge in [-0.3, -0.25) is 33.6 Å². The van der Waals surface area contributed by atoms with Crippen LogP contribution in [0.4, 0.5) is 0 Å². The number of rotatable bonds is 31. The van der Waals surface area contributed by atoms with Crippen LogP contribution >= 0.6 is 0 Å². The molecule has 0 aromatic heterocycles. The number of ether oxygens (including phenoxy) is 2. The van der Waals surface area contributed by atoms with E-state index in [2.05, 4.69) is 33.5 Å². The Hall–Kier alpha value is -7.63. The van der Waals surface area contributed by atoms with Crippen LogP contribution in [0.25, 0.3) is 22.3 Å². The number of likely N-dealkylation sites (tertiary alicyclic amines) is 2. The molecule has 2 fully saturated rings. The fraction of sp³-hybridized carbons (Fsp3) is 0.492. The van der Waals surface area contributed by atoms with Gasteiger partial charge in [0.1, 0.15) is 60.0 Å². The van der Waals surface area contributed by atoms with Gasteiger partial charge in [-0.1, -0.05) is 80.4 Å². The van der Waals surface area contributed by atoms with Gasteiger partial charge in [0.2, 0.25) is 35.4 Å². The summed E-state index contributed by atoms with van der Waals surface area (Å²) in [5, 5.41) is 99.4. The summed E-state index contributed by atoms with van der Waals surface area (Å²) in [6, 6.07) is 17.8. The summed E-state index contributed by atoms with van der Waals surface area (Å²) in [4.78, 5) is 99.5. The van der Waals surface area contributed by atoms with Crippen molar-refractivity contribution >= 4 is 41.4 Å². The topological polar surface area (TPSA) is 418 Å². The number of β-amino-alcohol motifs (C(OH)–C–C–N with tert-alkyl or cyclic N) is 1. The molecule has 7 amide bonds. The SMILES string of the molecule is CCCCCOc1ccc(-c2ccc(-c3ccc(C(=O)NC(CC(O)C(NC(=O)C4C(O)CCN4C(=O)C(NC(=O)C(NC(C)=O)C(O)C(O)c4ccc(O)cc4)C(O)CCN)OCCN)C(=O)NC(C(=O)N4CCC(O)C4)C(C)O)cc3)cc2)cc1. The molecule has 87 heavy (non-hydrogen) atoms. The molecule has 2 aliphatic rings. The van der Waals surface area contributed by atoms with Crippen LogP contribution in [0.3, 0.4) is 0 Å². The maximum atomic E-state index is 14.5. The van der Waals surface area contributed by atoms with E-state index in [1.165, 1.54) is 48.2 Å². The van der Waals surface area contributed by atoms with E-state index < -0.39 is 127 Å². The van der Waals surface area contributed by atoms with E-state index in [1.807, 2.05) is 48.5 Å². The van der Waals surface area contributed by atoms with E-state index in [9.17, 15) is 74.4 Å². The van der Waals surface area contributed by atoms with Crippen molar-refractivity contribution in [3.8, 4) is 33.8 Å². The minimum Gasteiger partial charge on any atom is -0.508 e. The van der Waals surface area contributed by atoms with E-state index in [0.717, 1.165) is 59.1 Å². The second-order valence-electron chi connectivity index (χ2n) is 21.8. The van der Waals surface area contributed by atoms with Gasteiger partial charge in [-0.05, 0) is 103 Å². The molecule has 2 saturated heterocycles. The van der Waals surface area contributed by atoms with E-state index in [0.29, 0.717) is 6.61 Å². The van der Waals surface area contributed by atoms with Gasteiger partial charge in [0.25, 0.3) is 5.91 Å². The molecule has 4 aromatic rings. The first-order valence-corrected chi connectivity index (χ1v) is 29.1. The van der Waals surface area contributed by atoms with Crippen molar-refractivity contribution in [2.45, 2.75) is 145 Å². The van der Waals surface area contributed by atoms with Crippen LogP contribution in [0, 0.1) is 0 Å². The maximum Gasteiger partial charge on any atom is 0.251 e. The highest BCUT2D eigenvalue weighted by molar-refractivity contribution is 5.99. The molecule has 0 radical (unpaired) electrons. The fourth-order valence-electron chi connectivity index (χ4n) is 10.2. The number of carbonyl (C=O) groups excluding carboxylic acids is 7. The number of nitrogens with one attached hydrogen (secondary N) is 5. The third-order valence-electron chi connectivity index (χ3n) is 15.1. The van der Waals surface area contributed by atoms with Gasteiger partial charge >= 0.3 is 0 Å². The first kappa shape index (κ1) is 68.5. The Morgan fingerprint density at radius 1 is 0.655 bits per heavy atom. The molecule has 0 aliphatic carbocycles. The summed E-state index contributed by atoms with van der Waals surface area (Å²) in [6.45, 7) is 4.02. The number of phenolic OH excluding ortho intramolecular Hbond substituents is 1. The van der Waals surface area contributed by atoms with Crippen molar-refractivity contribution in [3.05, 3.63) is 108 Å². The van der Waals surface area contributed by atoms with Crippen molar-refractivity contribution in [2.24, 2.45) is 11.5 Å². The minimum absolute atomic E-state index is 0.0280. The third kappa shape index (κ3) is 18.9. The molecule has 474 valence electrons. The number of unbranched alkanes of at least 4 members (excludes halogenated alkanes) is 2. The summed E-state index contributed by atoms with van der Waals surface area (Å²) >= 11 is 0. The van der Waals surface area contributed by atoms with Crippen LogP contribution < -0.4 is 42.8 Å². The summed E-state index contributed by atoms with van der Waals surface area (Å²) in [5.41, 5.74) is 15.1. The largest absolute Gasteiger partial charge is 0.508 e. The van der Waals surface area contributed by atoms with Crippen LogP contribution in [0.1, 0.15) is 87.7 Å². The average Bonchev–Trinajstić information content (AvgIpc) is 3.32. The number of nitrogens with zero attached hydrogens (tertiary/aromatic N) is 2. The number of phenols is 1. The normalized spacial score (nSPS) is 19.2. The Kier molecular flexibility index (Phi) is 25.9. The predicted molar refractivity (Wildman–Crippen MR) is 316 cm³/mol. The van der Waals surface area contributed by atoms with Gasteiger partial charge in [-0.15, -0.1) is 0 Å². The van der Waals surface area contributed by atoms with Crippen LogP contribution in [-0.4, -0.2) is 211 Å². The lowest BCUT2D eigenvalue weighted by molar-refractivity contribution is -0.149. The number of aliphatic hydroxyl groups is 7. The minimum atomic E-state index is -2.08. The molecule has 26 nitrogen and oxygen atoms in total. The first-order valence-electron chi connectivity index (χ1n) is 29.1. The van der Waals surface area contributed by atoms with Crippen molar-refractivity contribution in [2.75, 3.05) is 45.9 Å². The lowest BCUT2D eigenvalue weighted by atomic mass is 9.97. The van der Waals surface area contributed by atoms with Gasteiger partial charge in [-0.2, -0.15) is 0 Å². The smallest absolute Gasteiger partial charge is 0.251 e. The zero-order valence-electron chi connectivity index (χ0n) is 48.9. The van der Waals surface area contributed by atoms with Crippen molar-refractivity contribution in [3.63, 3.8) is 0 Å². The lowest BCUT2D eigenvalue weighted by Gasteiger charge is -2.34. The van der Waals surface area contributed by atoms with Crippen LogP contribution in [0.15, 0.2) is 97.1 Å².